The molecule has 0 saturated carbocycles. The fourth-order valence-corrected chi connectivity index (χ4v) is 4.05. The monoisotopic (exact) mass is 516 g/mol. The third-order valence-corrected chi connectivity index (χ3v) is 5.83. The highest BCUT2D eigenvalue weighted by molar-refractivity contribution is 7.85. The second-order valence-corrected chi connectivity index (χ2v) is 10.8. The predicted molar refractivity (Wildman–Crippen MR) is 122 cm³/mol. The van der Waals surface area contributed by atoms with Crippen LogP contribution >= 0.6 is 0 Å². The van der Waals surface area contributed by atoms with Gasteiger partial charge in [0.2, 0.25) is 6.10 Å². The second-order valence-electron chi connectivity index (χ2n) is 9.31. The van der Waals surface area contributed by atoms with Crippen molar-refractivity contribution in [3.05, 3.63) is 63.7 Å². The summed E-state index contributed by atoms with van der Waals surface area (Å²) in [5.74, 6) is -4.25. The van der Waals surface area contributed by atoms with Crippen LogP contribution in [0.25, 0.3) is 0 Å². The average molecular weight is 517 g/mol. The summed E-state index contributed by atoms with van der Waals surface area (Å²) in [6.07, 6.45) is -8.43. The van der Waals surface area contributed by atoms with E-state index < -0.39 is 51.1 Å². The molecule has 2 rings (SSSR count). The second kappa shape index (κ2) is 9.98. The Hall–Kier alpha value is -2.92. The van der Waals surface area contributed by atoms with E-state index in [4.69, 9.17) is 9.29 Å². The van der Waals surface area contributed by atoms with Crippen molar-refractivity contribution >= 4 is 22.1 Å². The highest BCUT2D eigenvalue weighted by atomic mass is 32.2. The molecule has 0 aliphatic heterocycles. The molecule has 1 atom stereocenters. The molecule has 1 N–H and O–H groups in total. The number of esters is 2. The molecule has 0 spiro atoms. The van der Waals surface area contributed by atoms with E-state index in [2.05, 4.69) is 4.74 Å². The third-order valence-electron chi connectivity index (χ3n) is 5.10. The molecule has 0 amide bonds. The number of hydrogen-bond donors (Lipinski definition) is 1. The Kier molecular flexibility index (Phi) is 8.08. The van der Waals surface area contributed by atoms with Crippen molar-refractivity contribution < 1.29 is 45.2 Å². The number of halogens is 3. The normalized spacial score (nSPS) is 13.3. The number of ether oxygens (including phenoxy) is 2. The molecule has 0 aliphatic rings. The van der Waals surface area contributed by atoms with Gasteiger partial charge in [-0.25, -0.2) is 9.59 Å². The van der Waals surface area contributed by atoms with Crippen LogP contribution in [0, 0.1) is 20.8 Å². The Morgan fingerprint density at radius 3 is 1.94 bits per heavy atom. The first-order chi connectivity index (χ1) is 15.8. The summed E-state index contributed by atoms with van der Waals surface area (Å²) in [5.41, 5.74) is 1.25. The van der Waals surface area contributed by atoms with Gasteiger partial charge in [0.05, 0.1) is 11.1 Å². The van der Waals surface area contributed by atoms with Crippen molar-refractivity contribution in [1.29, 1.82) is 0 Å². The molecule has 0 heterocycles. The highest BCUT2D eigenvalue weighted by Crippen LogP contribution is 2.30. The molecule has 1 unspecified atom stereocenters. The van der Waals surface area contributed by atoms with E-state index >= 15 is 0 Å². The summed E-state index contributed by atoms with van der Waals surface area (Å²) in [7, 11) is -5.13. The molecule has 35 heavy (non-hydrogen) atoms. The van der Waals surface area contributed by atoms with Crippen molar-refractivity contribution in [1.82, 2.24) is 0 Å². The number of aryl methyl sites for hydroxylation is 3. The van der Waals surface area contributed by atoms with Crippen LogP contribution in [0.15, 0.2) is 30.3 Å². The summed E-state index contributed by atoms with van der Waals surface area (Å²) in [4.78, 5) is 25.8. The minimum Gasteiger partial charge on any atom is -0.448 e. The molecule has 0 saturated heterocycles. The molecule has 11 heteroatoms. The van der Waals surface area contributed by atoms with Crippen LogP contribution in [-0.2, 0) is 20.3 Å². The smallest absolute Gasteiger partial charge is 0.426 e. The highest BCUT2D eigenvalue weighted by Gasteiger charge is 2.46. The number of alkyl halides is 3. The van der Waals surface area contributed by atoms with Gasteiger partial charge in [0.25, 0.3) is 10.1 Å². The van der Waals surface area contributed by atoms with E-state index in [1.165, 1.54) is 18.2 Å². The van der Waals surface area contributed by atoms with E-state index in [1.54, 1.807) is 46.8 Å². The molecule has 2 aromatic carbocycles. The predicted octanol–water partition coefficient (Wildman–Crippen LogP) is 5.10. The van der Waals surface area contributed by atoms with E-state index in [1.807, 2.05) is 6.92 Å². The van der Waals surface area contributed by atoms with Crippen LogP contribution in [-0.4, -0.2) is 42.9 Å². The van der Waals surface area contributed by atoms with Crippen molar-refractivity contribution in [2.75, 3.05) is 5.75 Å². The first kappa shape index (κ1) is 28.3. The lowest BCUT2D eigenvalue weighted by Gasteiger charge is -2.23. The molecule has 0 aliphatic carbocycles. The number of carbonyl (C=O) groups is 2. The largest absolute Gasteiger partial charge is 0.448 e. The van der Waals surface area contributed by atoms with E-state index in [0.29, 0.717) is 16.7 Å². The Morgan fingerprint density at radius 2 is 1.49 bits per heavy atom. The zero-order chi connectivity index (χ0) is 26.9. The molecule has 2 aromatic rings. The van der Waals surface area contributed by atoms with Gasteiger partial charge < -0.3 is 9.47 Å². The molecular weight excluding hydrogens is 489 g/mol. The maximum absolute atomic E-state index is 13.3. The number of carbonyl (C=O) groups excluding carboxylic acids is 2. The van der Waals surface area contributed by atoms with Gasteiger partial charge in [0, 0.05) is 0 Å². The van der Waals surface area contributed by atoms with E-state index in [9.17, 15) is 31.2 Å². The lowest BCUT2D eigenvalue weighted by atomic mass is 9.85. The molecule has 7 nitrogen and oxygen atoms in total. The first-order valence-corrected chi connectivity index (χ1v) is 12.1. The van der Waals surface area contributed by atoms with Gasteiger partial charge in [-0.1, -0.05) is 44.5 Å². The quantitative estimate of drug-likeness (QED) is 0.323. The lowest BCUT2D eigenvalue weighted by molar-refractivity contribution is -0.197. The van der Waals surface area contributed by atoms with Gasteiger partial charge in [0.1, 0.15) is 11.5 Å². The van der Waals surface area contributed by atoms with Gasteiger partial charge in [-0.15, -0.1) is 0 Å². The maximum Gasteiger partial charge on any atom is 0.426 e. The van der Waals surface area contributed by atoms with Crippen molar-refractivity contribution in [3.8, 4) is 5.75 Å². The van der Waals surface area contributed by atoms with Crippen LogP contribution in [0.4, 0.5) is 13.2 Å². The topological polar surface area (TPSA) is 107 Å². The minimum absolute atomic E-state index is 0.236. The summed E-state index contributed by atoms with van der Waals surface area (Å²) in [5, 5.41) is 0. The molecule has 0 aromatic heterocycles. The molecule has 0 fully saturated rings. The van der Waals surface area contributed by atoms with Gasteiger partial charge in [-0.2, -0.15) is 21.6 Å². The van der Waals surface area contributed by atoms with Crippen molar-refractivity contribution in [2.24, 2.45) is 0 Å². The third kappa shape index (κ3) is 7.53. The van der Waals surface area contributed by atoms with E-state index in [-0.39, 0.29) is 11.3 Å². The van der Waals surface area contributed by atoms with E-state index in [0.717, 1.165) is 5.56 Å². The van der Waals surface area contributed by atoms with Crippen LogP contribution in [0.1, 0.15) is 63.7 Å². The van der Waals surface area contributed by atoms with Crippen LogP contribution in [0.3, 0.4) is 0 Å². The van der Waals surface area contributed by atoms with Crippen molar-refractivity contribution in [2.45, 2.75) is 59.2 Å². The SMILES string of the molecule is Cc1cc(C)c(OC(=O)c2ccc(C(C)(C)C)cc2C(=O)OC(CS(=O)(=O)O)C(F)(F)F)c(C)c1. The lowest BCUT2D eigenvalue weighted by Crippen LogP contribution is -2.39. The number of hydrogen-bond acceptors (Lipinski definition) is 6. The minimum atomic E-state index is -5.29. The van der Waals surface area contributed by atoms with Gasteiger partial charge in [-0.3, -0.25) is 4.55 Å². The average Bonchev–Trinajstić information content (AvgIpc) is 2.67. The fraction of sp³-hybridized carbons (Fsp3) is 0.417. The van der Waals surface area contributed by atoms with Crippen LogP contribution in [0.5, 0.6) is 5.75 Å². The van der Waals surface area contributed by atoms with Gasteiger partial charge in [-0.05, 0) is 55.0 Å². The number of rotatable bonds is 6. The van der Waals surface area contributed by atoms with Crippen LogP contribution in [0.2, 0.25) is 0 Å². The standard InChI is InChI=1S/C24H27F3O7S/c1-13-9-14(2)20(15(3)10-13)34-21(28)17-8-7-16(23(4,5)6)11-18(17)22(29)33-19(24(25,26)27)12-35(30,31)32/h7-11,19H,12H2,1-6H3,(H,30,31,32). The Labute approximate surface area is 202 Å². The zero-order valence-corrected chi connectivity index (χ0v) is 20.9. The van der Waals surface area contributed by atoms with Gasteiger partial charge >= 0.3 is 18.1 Å². The Morgan fingerprint density at radius 1 is 0.943 bits per heavy atom. The zero-order valence-electron chi connectivity index (χ0n) is 20.1. The van der Waals surface area contributed by atoms with Crippen molar-refractivity contribution in [3.63, 3.8) is 0 Å². The molecule has 0 radical (unpaired) electrons. The summed E-state index contributed by atoms with van der Waals surface area (Å²) >= 11 is 0. The van der Waals surface area contributed by atoms with Crippen LogP contribution < -0.4 is 4.74 Å². The first-order valence-electron chi connectivity index (χ1n) is 10.5. The fourth-order valence-electron chi connectivity index (χ4n) is 3.41. The molecule has 192 valence electrons. The summed E-state index contributed by atoms with van der Waals surface area (Å²) in [6, 6.07) is 7.52. The Bertz CT molecular complexity index is 1220. The molecular formula is C24H27F3O7S. The summed E-state index contributed by atoms with van der Waals surface area (Å²) in [6.45, 7) is 10.6. The van der Waals surface area contributed by atoms with Gasteiger partial charge in [0.15, 0.2) is 0 Å². The Balaban J connectivity index is 2.54. The maximum atomic E-state index is 13.3. The molecule has 0 bridgehead atoms. The summed E-state index contributed by atoms with van der Waals surface area (Å²) < 4.78 is 80.8. The number of benzene rings is 2.